The van der Waals surface area contributed by atoms with Gasteiger partial charge in [-0.15, -0.1) is 0 Å². The average molecular weight is 245 g/mol. The van der Waals surface area contributed by atoms with Crippen LogP contribution in [0.4, 0.5) is 0 Å². The van der Waals surface area contributed by atoms with Crippen LogP contribution >= 0.6 is 0 Å². The van der Waals surface area contributed by atoms with E-state index in [0.717, 1.165) is 0 Å². The minimum absolute atomic E-state index is 0.0268. The first-order chi connectivity index (χ1) is 8.27. The number of ketones is 1. The Hall–Kier alpha value is -1.81. The molecule has 0 aliphatic carbocycles. The second-order valence-corrected chi connectivity index (χ2v) is 4.89. The highest BCUT2D eigenvalue weighted by Crippen LogP contribution is 2.07. The molecule has 2 rings (SSSR count). The number of Topliss-reactive ketones (excluding diaryl/α,β-unsaturated/α-hetero) is 1. The summed E-state index contributed by atoms with van der Waals surface area (Å²) in [6, 6.07) is 14.1. The van der Waals surface area contributed by atoms with Crippen molar-refractivity contribution in [2.24, 2.45) is 0 Å². The van der Waals surface area contributed by atoms with Gasteiger partial charge in [-0.2, -0.15) is 0 Å². The van der Waals surface area contributed by atoms with Gasteiger partial charge in [-0.1, -0.05) is 24.3 Å². The van der Waals surface area contributed by atoms with Gasteiger partial charge in [-0.05, 0) is 24.3 Å². The first-order valence-electron chi connectivity index (χ1n) is 5.15. The fourth-order valence-corrected chi connectivity index (χ4v) is 2.39. The first kappa shape index (κ1) is 11.7. The summed E-state index contributed by atoms with van der Waals surface area (Å²) < 4.78 is 11.9. The summed E-state index contributed by atoms with van der Waals surface area (Å²) in [5.41, 5.74) is 0.358. The molecule has 86 valence electrons. The number of pyridine rings is 1. The van der Waals surface area contributed by atoms with Crippen molar-refractivity contribution < 1.29 is 9.00 Å². The number of carbonyl (C=O) groups is 1. The van der Waals surface area contributed by atoms with Crippen molar-refractivity contribution in [3.63, 3.8) is 0 Å². The molecule has 4 heteroatoms. The Morgan fingerprint density at radius 3 is 2.41 bits per heavy atom. The van der Waals surface area contributed by atoms with Crippen LogP contribution in [0.25, 0.3) is 0 Å². The quantitative estimate of drug-likeness (QED) is 0.775. The molecule has 1 atom stereocenters. The third-order valence-corrected chi connectivity index (χ3v) is 3.54. The number of aromatic nitrogens is 1. The lowest BCUT2D eigenvalue weighted by Crippen LogP contribution is -2.12. The second-order valence-electron chi connectivity index (χ2n) is 3.44. The molecule has 0 saturated carbocycles. The maximum absolute atomic E-state index is 11.9. The number of nitrogens with zero attached hydrogens (tertiary/aromatic N) is 1. The lowest BCUT2D eigenvalue weighted by Gasteiger charge is -2.01. The van der Waals surface area contributed by atoms with Gasteiger partial charge in [0.15, 0.2) is 5.78 Å². The van der Waals surface area contributed by atoms with E-state index in [1.807, 2.05) is 6.07 Å². The van der Waals surface area contributed by atoms with E-state index in [-0.39, 0.29) is 11.5 Å². The van der Waals surface area contributed by atoms with Gasteiger partial charge in [0, 0.05) is 11.1 Å². The van der Waals surface area contributed by atoms with Crippen molar-refractivity contribution in [1.82, 2.24) is 4.98 Å². The van der Waals surface area contributed by atoms with Crippen LogP contribution in [0.2, 0.25) is 0 Å². The van der Waals surface area contributed by atoms with E-state index >= 15 is 0 Å². The third-order valence-electron chi connectivity index (χ3n) is 2.22. The van der Waals surface area contributed by atoms with E-state index in [1.165, 1.54) is 0 Å². The number of rotatable bonds is 4. The van der Waals surface area contributed by atoms with Gasteiger partial charge in [0.25, 0.3) is 0 Å². The summed E-state index contributed by atoms with van der Waals surface area (Å²) in [6.07, 6.45) is 1.55. The SMILES string of the molecule is O=C(CS(=O)c1ccccc1)c1ccccn1. The van der Waals surface area contributed by atoms with Gasteiger partial charge in [-0.25, -0.2) is 0 Å². The van der Waals surface area contributed by atoms with E-state index < -0.39 is 10.8 Å². The number of carbonyl (C=O) groups excluding carboxylic acids is 1. The zero-order valence-corrected chi connectivity index (χ0v) is 9.89. The molecule has 0 bridgehead atoms. The highest BCUT2D eigenvalue weighted by molar-refractivity contribution is 7.85. The van der Waals surface area contributed by atoms with Crippen molar-refractivity contribution in [2.45, 2.75) is 4.90 Å². The maximum Gasteiger partial charge on any atom is 0.193 e. The molecule has 1 unspecified atom stereocenters. The Kier molecular flexibility index (Phi) is 3.77. The molecular formula is C13H11NO2S. The molecule has 0 saturated heterocycles. The molecule has 1 heterocycles. The van der Waals surface area contributed by atoms with Crippen LogP contribution in [-0.2, 0) is 10.8 Å². The van der Waals surface area contributed by atoms with Gasteiger partial charge in [-0.3, -0.25) is 14.0 Å². The van der Waals surface area contributed by atoms with Crippen LogP contribution in [0.15, 0.2) is 59.6 Å². The molecule has 17 heavy (non-hydrogen) atoms. The molecule has 3 nitrogen and oxygen atoms in total. The number of hydrogen-bond donors (Lipinski definition) is 0. The Morgan fingerprint density at radius 2 is 1.76 bits per heavy atom. The highest BCUT2D eigenvalue weighted by Gasteiger charge is 2.12. The maximum atomic E-state index is 11.9. The summed E-state index contributed by atoms with van der Waals surface area (Å²) in [4.78, 5) is 16.4. The van der Waals surface area contributed by atoms with Crippen LogP contribution in [-0.4, -0.2) is 20.7 Å². The standard InChI is InChI=1S/C13H11NO2S/c15-13(12-8-4-5-9-14-12)10-17(16)11-6-2-1-3-7-11/h1-9H,10H2. The summed E-state index contributed by atoms with van der Waals surface area (Å²) in [7, 11) is -1.30. The largest absolute Gasteiger partial charge is 0.291 e. The number of benzene rings is 1. The van der Waals surface area contributed by atoms with Crippen molar-refractivity contribution in [3.05, 3.63) is 60.4 Å². The molecule has 1 aromatic carbocycles. The summed E-state index contributed by atoms with van der Waals surface area (Å²) in [5.74, 6) is -0.228. The van der Waals surface area contributed by atoms with E-state index in [2.05, 4.69) is 4.98 Å². The predicted octanol–water partition coefficient (Wildman–Crippen LogP) is 2.07. The van der Waals surface area contributed by atoms with Gasteiger partial charge in [0.1, 0.15) is 5.69 Å². The zero-order valence-electron chi connectivity index (χ0n) is 9.08. The van der Waals surface area contributed by atoms with Gasteiger partial charge in [0.05, 0.1) is 16.6 Å². The number of hydrogen-bond acceptors (Lipinski definition) is 3. The fourth-order valence-electron chi connectivity index (χ4n) is 1.38. The average Bonchev–Trinajstić information content (AvgIpc) is 2.40. The Morgan fingerprint density at radius 1 is 1.06 bits per heavy atom. The normalized spacial score (nSPS) is 12.0. The summed E-state index contributed by atoms with van der Waals surface area (Å²) in [6.45, 7) is 0. The van der Waals surface area contributed by atoms with Gasteiger partial charge < -0.3 is 0 Å². The molecule has 1 aromatic heterocycles. The lowest BCUT2D eigenvalue weighted by atomic mass is 10.3. The monoisotopic (exact) mass is 245 g/mol. The molecule has 0 radical (unpaired) electrons. The lowest BCUT2D eigenvalue weighted by molar-refractivity contribution is 0.101. The molecule has 0 aliphatic heterocycles. The smallest absolute Gasteiger partial charge is 0.193 e. The van der Waals surface area contributed by atoms with Crippen LogP contribution in [0.1, 0.15) is 10.5 Å². The molecule has 0 amide bonds. The topological polar surface area (TPSA) is 47.0 Å². The summed E-state index contributed by atoms with van der Waals surface area (Å²) >= 11 is 0. The van der Waals surface area contributed by atoms with Crippen LogP contribution in [0.5, 0.6) is 0 Å². The molecule has 2 aromatic rings. The van der Waals surface area contributed by atoms with Crippen LogP contribution in [0.3, 0.4) is 0 Å². The van der Waals surface area contributed by atoms with E-state index in [4.69, 9.17) is 0 Å². The molecule has 0 N–H and O–H groups in total. The van der Waals surface area contributed by atoms with Crippen molar-refractivity contribution in [3.8, 4) is 0 Å². The second kappa shape index (κ2) is 5.50. The first-order valence-corrected chi connectivity index (χ1v) is 6.47. The van der Waals surface area contributed by atoms with E-state index in [9.17, 15) is 9.00 Å². The Bertz CT molecular complexity index is 476. The highest BCUT2D eigenvalue weighted by atomic mass is 32.2. The minimum atomic E-state index is -1.30. The van der Waals surface area contributed by atoms with Gasteiger partial charge in [0.2, 0.25) is 0 Å². The van der Waals surface area contributed by atoms with Crippen LogP contribution in [0, 0.1) is 0 Å². The van der Waals surface area contributed by atoms with Crippen molar-refractivity contribution in [1.29, 1.82) is 0 Å². The minimum Gasteiger partial charge on any atom is -0.291 e. The summed E-state index contributed by atoms with van der Waals surface area (Å²) in [5, 5.41) is 0. The Labute approximate surface area is 102 Å². The molecule has 0 fully saturated rings. The van der Waals surface area contributed by atoms with Crippen molar-refractivity contribution in [2.75, 3.05) is 5.75 Å². The Balaban J connectivity index is 2.08. The van der Waals surface area contributed by atoms with E-state index in [1.54, 1.807) is 48.7 Å². The zero-order chi connectivity index (χ0) is 12.1. The van der Waals surface area contributed by atoms with Crippen molar-refractivity contribution >= 4 is 16.6 Å². The molecular weight excluding hydrogens is 234 g/mol. The third kappa shape index (κ3) is 3.07. The molecule has 0 aliphatic rings. The van der Waals surface area contributed by atoms with Gasteiger partial charge >= 0.3 is 0 Å². The van der Waals surface area contributed by atoms with Crippen LogP contribution < -0.4 is 0 Å². The predicted molar refractivity (Wildman–Crippen MR) is 66.3 cm³/mol. The van der Waals surface area contributed by atoms with E-state index in [0.29, 0.717) is 10.6 Å². The molecule has 0 spiro atoms. The fraction of sp³-hybridized carbons (Fsp3) is 0.0769.